The molecule has 0 spiro atoms. The number of hydrogen-bond acceptors (Lipinski definition) is 3. The molecule has 5 heteroatoms. The van der Waals surface area contributed by atoms with Gasteiger partial charge in [0.05, 0.1) is 0 Å². The smallest absolute Gasteiger partial charge is 0.245 e. The minimum absolute atomic E-state index is 0.0235. The number of nitrogens with zero attached hydrogens (tertiary/aromatic N) is 2. The highest BCUT2D eigenvalue weighted by Gasteiger charge is 2.40. The molecular weight excluding hydrogens is 230 g/mol. The van der Waals surface area contributed by atoms with Gasteiger partial charge in [-0.25, -0.2) is 0 Å². The summed E-state index contributed by atoms with van der Waals surface area (Å²) in [7, 11) is 4.06. The van der Waals surface area contributed by atoms with Gasteiger partial charge in [-0.15, -0.1) is 0 Å². The second-order valence-corrected chi connectivity index (χ2v) is 5.61. The molecule has 2 fully saturated rings. The molecule has 0 aromatic heterocycles. The van der Waals surface area contributed by atoms with E-state index in [1.54, 1.807) is 0 Å². The van der Waals surface area contributed by atoms with Crippen LogP contribution in [-0.4, -0.2) is 61.4 Å². The molecule has 2 aliphatic rings. The lowest BCUT2D eigenvalue weighted by Crippen LogP contribution is -2.46. The van der Waals surface area contributed by atoms with Gasteiger partial charge in [0, 0.05) is 19.5 Å². The molecule has 1 aliphatic carbocycles. The van der Waals surface area contributed by atoms with E-state index in [4.69, 9.17) is 0 Å². The lowest BCUT2D eigenvalue weighted by atomic mass is 10.1. The Morgan fingerprint density at radius 3 is 2.67 bits per heavy atom. The molecule has 1 saturated carbocycles. The first-order valence-electron chi connectivity index (χ1n) is 6.81. The van der Waals surface area contributed by atoms with Gasteiger partial charge in [-0.1, -0.05) is 0 Å². The maximum atomic E-state index is 12.3. The van der Waals surface area contributed by atoms with Crippen LogP contribution in [0.3, 0.4) is 0 Å². The van der Waals surface area contributed by atoms with E-state index in [0.717, 1.165) is 32.4 Å². The molecule has 1 atom stereocenters. The van der Waals surface area contributed by atoms with Crippen LogP contribution in [0.25, 0.3) is 0 Å². The number of nitrogens with one attached hydrogen (secondary N) is 1. The fourth-order valence-electron chi connectivity index (χ4n) is 2.40. The van der Waals surface area contributed by atoms with E-state index in [1.807, 2.05) is 19.0 Å². The Morgan fingerprint density at radius 1 is 1.33 bits per heavy atom. The molecule has 0 bridgehead atoms. The zero-order valence-electron chi connectivity index (χ0n) is 11.3. The summed E-state index contributed by atoms with van der Waals surface area (Å²) in [6.45, 7) is 2.30. The molecule has 0 aromatic carbocycles. The summed E-state index contributed by atoms with van der Waals surface area (Å²) in [5, 5.41) is 2.88. The van der Waals surface area contributed by atoms with Gasteiger partial charge in [0.2, 0.25) is 11.8 Å². The summed E-state index contributed by atoms with van der Waals surface area (Å²) in [5.74, 6) is 0.536. The van der Waals surface area contributed by atoms with Gasteiger partial charge in [-0.3, -0.25) is 9.59 Å². The van der Waals surface area contributed by atoms with Gasteiger partial charge in [-0.2, -0.15) is 0 Å². The van der Waals surface area contributed by atoms with E-state index in [-0.39, 0.29) is 17.9 Å². The zero-order chi connectivity index (χ0) is 13.1. The van der Waals surface area contributed by atoms with Crippen LogP contribution in [0.4, 0.5) is 0 Å². The fraction of sp³-hybridized carbons (Fsp3) is 0.846. The van der Waals surface area contributed by atoms with E-state index in [2.05, 4.69) is 10.2 Å². The van der Waals surface area contributed by atoms with Crippen LogP contribution >= 0.6 is 0 Å². The van der Waals surface area contributed by atoms with Crippen molar-refractivity contribution in [3.05, 3.63) is 0 Å². The molecule has 0 aromatic rings. The molecule has 1 heterocycles. The third-order valence-corrected chi connectivity index (χ3v) is 3.63. The fourth-order valence-corrected chi connectivity index (χ4v) is 2.40. The number of carbonyl (C=O) groups excluding carboxylic acids is 2. The van der Waals surface area contributed by atoms with Gasteiger partial charge in [0.25, 0.3) is 0 Å². The lowest BCUT2D eigenvalue weighted by Gasteiger charge is -2.24. The predicted octanol–water partition coefficient (Wildman–Crippen LogP) is 0.0652. The summed E-state index contributed by atoms with van der Waals surface area (Å²) in [6, 6.07) is -0.251. The van der Waals surface area contributed by atoms with E-state index in [9.17, 15) is 9.59 Å². The van der Waals surface area contributed by atoms with Crippen LogP contribution in [0.15, 0.2) is 0 Å². The highest BCUT2D eigenvalue weighted by atomic mass is 16.2. The predicted molar refractivity (Wildman–Crippen MR) is 69.0 cm³/mol. The van der Waals surface area contributed by atoms with Crippen molar-refractivity contribution >= 4 is 11.8 Å². The summed E-state index contributed by atoms with van der Waals surface area (Å²) in [6.07, 6.45) is 3.55. The topological polar surface area (TPSA) is 52.6 Å². The Bertz CT molecular complexity index is 326. The van der Waals surface area contributed by atoms with Crippen molar-refractivity contribution in [3.8, 4) is 0 Å². The lowest BCUT2D eigenvalue weighted by molar-refractivity contribution is -0.134. The van der Waals surface area contributed by atoms with Crippen molar-refractivity contribution in [1.82, 2.24) is 15.1 Å². The molecule has 1 aliphatic heterocycles. The van der Waals surface area contributed by atoms with Crippen molar-refractivity contribution < 1.29 is 9.59 Å². The number of hydrogen-bond donors (Lipinski definition) is 1. The summed E-state index contributed by atoms with van der Waals surface area (Å²) < 4.78 is 0. The SMILES string of the molecule is CN(C)CCCN1CCC(=O)NC(C2CC2)C1=O. The minimum atomic E-state index is -0.251. The van der Waals surface area contributed by atoms with Gasteiger partial charge < -0.3 is 15.1 Å². The molecule has 18 heavy (non-hydrogen) atoms. The number of carbonyl (C=O) groups is 2. The van der Waals surface area contributed by atoms with Gasteiger partial charge in [-0.05, 0) is 45.8 Å². The average Bonchev–Trinajstić information content (AvgIpc) is 3.12. The van der Waals surface area contributed by atoms with Crippen molar-refractivity contribution in [2.45, 2.75) is 31.7 Å². The van der Waals surface area contributed by atoms with Crippen molar-refractivity contribution in [2.75, 3.05) is 33.7 Å². The third kappa shape index (κ3) is 3.45. The summed E-state index contributed by atoms with van der Waals surface area (Å²) in [4.78, 5) is 27.9. The molecule has 1 unspecified atom stereocenters. The highest BCUT2D eigenvalue weighted by molar-refractivity contribution is 5.90. The van der Waals surface area contributed by atoms with Crippen molar-refractivity contribution in [3.63, 3.8) is 0 Å². The number of rotatable bonds is 5. The van der Waals surface area contributed by atoms with Crippen LogP contribution in [0.2, 0.25) is 0 Å². The first kappa shape index (κ1) is 13.3. The van der Waals surface area contributed by atoms with Crippen molar-refractivity contribution in [1.29, 1.82) is 0 Å². The molecule has 1 N–H and O–H groups in total. The Kier molecular flexibility index (Phi) is 4.22. The standard InChI is InChI=1S/C13H23N3O2/c1-15(2)7-3-8-16-9-6-11(17)14-12(13(16)18)10-4-5-10/h10,12H,3-9H2,1-2H3,(H,14,17). The van der Waals surface area contributed by atoms with E-state index in [0.29, 0.717) is 18.9 Å². The second kappa shape index (κ2) is 5.69. The number of amides is 2. The molecule has 2 amide bonds. The second-order valence-electron chi connectivity index (χ2n) is 5.61. The Balaban J connectivity index is 1.91. The van der Waals surface area contributed by atoms with Crippen LogP contribution in [-0.2, 0) is 9.59 Å². The third-order valence-electron chi connectivity index (χ3n) is 3.63. The van der Waals surface area contributed by atoms with Crippen molar-refractivity contribution in [2.24, 2.45) is 5.92 Å². The van der Waals surface area contributed by atoms with Gasteiger partial charge in [0.15, 0.2) is 0 Å². The minimum Gasteiger partial charge on any atom is -0.344 e. The monoisotopic (exact) mass is 253 g/mol. The Morgan fingerprint density at radius 2 is 2.06 bits per heavy atom. The van der Waals surface area contributed by atoms with Crippen LogP contribution in [0, 0.1) is 5.92 Å². The summed E-state index contributed by atoms with van der Waals surface area (Å²) >= 11 is 0. The van der Waals surface area contributed by atoms with Crippen LogP contribution in [0.1, 0.15) is 25.7 Å². The first-order chi connectivity index (χ1) is 8.58. The first-order valence-corrected chi connectivity index (χ1v) is 6.81. The van der Waals surface area contributed by atoms with Crippen LogP contribution in [0.5, 0.6) is 0 Å². The van der Waals surface area contributed by atoms with E-state index >= 15 is 0 Å². The molecule has 0 radical (unpaired) electrons. The maximum absolute atomic E-state index is 12.3. The Labute approximate surface area is 108 Å². The van der Waals surface area contributed by atoms with Crippen LogP contribution < -0.4 is 5.32 Å². The van der Waals surface area contributed by atoms with Gasteiger partial charge >= 0.3 is 0 Å². The zero-order valence-corrected chi connectivity index (χ0v) is 11.3. The largest absolute Gasteiger partial charge is 0.344 e. The highest BCUT2D eigenvalue weighted by Crippen LogP contribution is 2.34. The normalized spacial score (nSPS) is 25.3. The van der Waals surface area contributed by atoms with E-state index in [1.165, 1.54) is 0 Å². The molecule has 2 rings (SSSR count). The molecule has 102 valence electrons. The molecule has 1 saturated heterocycles. The maximum Gasteiger partial charge on any atom is 0.245 e. The Hall–Kier alpha value is -1.10. The van der Waals surface area contributed by atoms with Gasteiger partial charge in [0.1, 0.15) is 6.04 Å². The summed E-state index contributed by atoms with van der Waals surface area (Å²) in [5.41, 5.74) is 0. The molecular formula is C13H23N3O2. The quantitative estimate of drug-likeness (QED) is 0.754. The average molecular weight is 253 g/mol. The molecule has 5 nitrogen and oxygen atoms in total. The van der Waals surface area contributed by atoms with E-state index < -0.39 is 0 Å².